The van der Waals surface area contributed by atoms with Crippen molar-refractivity contribution in [2.24, 2.45) is 0 Å². The maximum absolute atomic E-state index is 5.43. The molecule has 0 aliphatic heterocycles. The second kappa shape index (κ2) is 14.8. The molecular formula is C59H38N2S. The van der Waals surface area contributed by atoms with E-state index in [1.807, 2.05) is 17.4 Å². The van der Waals surface area contributed by atoms with E-state index in [0.29, 0.717) is 5.82 Å². The zero-order valence-electron chi connectivity index (χ0n) is 33.7. The number of fused-ring (bicyclic) bond motifs is 6. The zero-order chi connectivity index (χ0) is 41.0. The molecule has 2 aromatic heterocycles. The van der Waals surface area contributed by atoms with Gasteiger partial charge in [-0.25, -0.2) is 9.97 Å². The van der Waals surface area contributed by atoms with Gasteiger partial charge in [0.15, 0.2) is 5.82 Å². The molecule has 0 fully saturated rings. The molecule has 0 N–H and O–H groups in total. The first-order chi connectivity index (χ1) is 30.7. The molecule has 1 aliphatic carbocycles. The summed E-state index contributed by atoms with van der Waals surface area (Å²) >= 11 is 1.85. The number of nitrogens with zero attached hydrogens (tertiary/aromatic N) is 2. The normalized spacial score (nSPS) is 12.6. The standard InChI is InChI=1S/C59H38N2S/c1-4-18-39(19-5-1)58-60-53(46-27-11-10-26-45(46)42-21-16-20-40(36-42)41-34-35-56-50(37-41)47-28-13-15-33-55(47)62-56)38-54(61-58)49-30-17-32-52-57(49)48-29-12-14-31-51(48)59(52,43-22-6-2-7-23-43)44-24-8-3-9-25-44/h1-38H. The lowest BCUT2D eigenvalue weighted by molar-refractivity contribution is 0.768. The van der Waals surface area contributed by atoms with Crippen molar-refractivity contribution in [1.29, 1.82) is 0 Å². The number of hydrogen-bond donors (Lipinski definition) is 0. The Morgan fingerprint density at radius 1 is 0.323 bits per heavy atom. The van der Waals surface area contributed by atoms with Gasteiger partial charge in [0.2, 0.25) is 0 Å². The third-order valence-electron chi connectivity index (χ3n) is 12.6. The van der Waals surface area contributed by atoms with Crippen molar-refractivity contribution in [3.63, 3.8) is 0 Å². The Bertz CT molecular complexity index is 3420. The molecule has 0 radical (unpaired) electrons. The van der Waals surface area contributed by atoms with Gasteiger partial charge in [0, 0.05) is 36.9 Å². The Hall–Kier alpha value is -7.72. The molecule has 11 aromatic rings. The molecule has 0 amide bonds. The minimum absolute atomic E-state index is 0.513. The highest BCUT2D eigenvalue weighted by atomic mass is 32.1. The first kappa shape index (κ1) is 36.2. The molecule has 0 saturated carbocycles. The minimum atomic E-state index is -0.513. The van der Waals surface area contributed by atoms with Crippen LogP contribution in [0.25, 0.3) is 87.5 Å². The molecule has 12 rings (SSSR count). The van der Waals surface area contributed by atoms with Gasteiger partial charge in [-0.3, -0.25) is 0 Å². The molecule has 0 atom stereocenters. The SMILES string of the molecule is c1ccc(-c2nc(-c3ccccc3-c3cccc(-c4ccc5sc6ccccc6c5c4)c3)cc(-c3cccc4c3-c3ccccc3C4(c3ccccc3)c3ccccc3)n2)cc1. The monoisotopic (exact) mass is 806 g/mol. The van der Waals surface area contributed by atoms with Gasteiger partial charge in [-0.05, 0) is 86.0 Å². The Labute approximate surface area is 365 Å². The van der Waals surface area contributed by atoms with Crippen molar-refractivity contribution in [1.82, 2.24) is 9.97 Å². The summed E-state index contributed by atoms with van der Waals surface area (Å²) in [5.74, 6) is 0.694. The quantitative estimate of drug-likeness (QED) is 0.160. The number of aromatic nitrogens is 2. The Balaban J connectivity index is 1.05. The van der Waals surface area contributed by atoms with Gasteiger partial charge >= 0.3 is 0 Å². The lowest BCUT2D eigenvalue weighted by atomic mass is 9.67. The van der Waals surface area contributed by atoms with Crippen LogP contribution in [-0.4, -0.2) is 9.97 Å². The molecule has 0 spiro atoms. The van der Waals surface area contributed by atoms with Gasteiger partial charge < -0.3 is 0 Å². The lowest BCUT2D eigenvalue weighted by Crippen LogP contribution is -2.28. The van der Waals surface area contributed by atoms with Gasteiger partial charge in [0.05, 0.1) is 16.8 Å². The van der Waals surface area contributed by atoms with Gasteiger partial charge in [0.1, 0.15) is 0 Å². The summed E-state index contributed by atoms with van der Waals surface area (Å²) in [5, 5.41) is 2.61. The van der Waals surface area contributed by atoms with E-state index < -0.39 is 5.41 Å². The van der Waals surface area contributed by atoms with E-state index in [4.69, 9.17) is 9.97 Å². The molecule has 0 unspecified atom stereocenters. The molecule has 1 aliphatic rings. The maximum Gasteiger partial charge on any atom is 0.160 e. The zero-order valence-corrected chi connectivity index (χ0v) is 34.6. The Morgan fingerprint density at radius 3 is 1.63 bits per heavy atom. The minimum Gasteiger partial charge on any atom is -0.228 e. The molecule has 3 heteroatoms. The number of rotatable bonds is 7. The molecule has 2 heterocycles. The van der Waals surface area contributed by atoms with Gasteiger partial charge in [-0.2, -0.15) is 0 Å². The highest BCUT2D eigenvalue weighted by Crippen LogP contribution is 2.58. The summed E-state index contributed by atoms with van der Waals surface area (Å²) in [6, 6.07) is 83.4. The third-order valence-corrected chi connectivity index (χ3v) is 13.8. The molecule has 0 bridgehead atoms. The van der Waals surface area contributed by atoms with E-state index in [1.165, 1.54) is 64.7 Å². The summed E-state index contributed by atoms with van der Waals surface area (Å²) in [6.45, 7) is 0. The molecule has 2 nitrogen and oxygen atoms in total. The fraction of sp³-hybridized carbons (Fsp3) is 0.0169. The number of thiophene rings is 1. The average molecular weight is 807 g/mol. The van der Waals surface area contributed by atoms with Crippen LogP contribution in [-0.2, 0) is 5.41 Å². The van der Waals surface area contributed by atoms with Crippen molar-refractivity contribution in [2.75, 3.05) is 0 Å². The highest BCUT2D eigenvalue weighted by molar-refractivity contribution is 7.25. The van der Waals surface area contributed by atoms with Crippen molar-refractivity contribution in [2.45, 2.75) is 5.41 Å². The predicted octanol–water partition coefficient (Wildman–Crippen LogP) is 15.5. The second-order valence-corrected chi connectivity index (χ2v) is 17.1. The summed E-state index contributed by atoms with van der Waals surface area (Å²) in [7, 11) is 0. The maximum atomic E-state index is 5.43. The summed E-state index contributed by atoms with van der Waals surface area (Å²) in [6.07, 6.45) is 0. The average Bonchev–Trinajstić information content (AvgIpc) is 3.88. The lowest BCUT2D eigenvalue weighted by Gasteiger charge is -2.33. The van der Waals surface area contributed by atoms with Gasteiger partial charge in [-0.1, -0.05) is 200 Å². The second-order valence-electron chi connectivity index (χ2n) is 16.0. The van der Waals surface area contributed by atoms with Crippen molar-refractivity contribution in [3.05, 3.63) is 253 Å². The van der Waals surface area contributed by atoms with E-state index in [0.717, 1.165) is 39.2 Å². The van der Waals surface area contributed by atoms with Crippen molar-refractivity contribution < 1.29 is 0 Å². The first-order valence-electron chi connectivity index (χ1n) is 21.1. The van der Waals surface area contributed by atoms with E-state index in [1.54, 1.807) is 0 Å². The van der Waals surface area contributed by atoms with Crippen LogP contribution < -0.4 is 0 Å². The molecule has 0 saturated heterocycles. The van der Waals surface area contributed by atoms with Gasteiger partial charge in [-0.15, -0.1) is 11.3 Å². The van der Waals surface area contributed by atoms with Crippen LogP contribution in [0.1, 0.15) is 22.3 Å². The van der Waals surface area contributed by atoms with Crippen molar-refractivity contribution >= 4 is 31.5 Å². The summed E-state index contributed by atoms with van der Waals surface area (Å²) in [5.41, 5.74) is 16.4. The topological polar surface area (TPSA) is 25.8 Å². The summed E-state index contributed by atoms with van der Waals surface area (Å²) in [4.78, 5) is 10.8. The van der Waals surface area contributed by atoms with E-state index in [2.05, 4.69) is 224 Å². The van der Waals surface area contributed by atoms with Crippen LogP contribution in [0.5, 0.6) is 0 Å². The molecular weight excluding hydrogens is 769 g/mol. The van der Waals surface area contributed by atoms with E-state index in [9.17, 15) is 0 Å². The fourth-order valence-electron chi connectivity index (χ4n) is 9.88. The van der Waals surface area contributed by atoms with E-state index in [-0.39, 0.29) is 0 Å². The van der Waals surface area contributed by atoms with Gasteiger partial charge in [0.25, 0.3) is 0 Å². The third kappa shape index (κ3) is 5.78. The van der Waals surface area contributed by atoms with Crippen LogP contribution in [0.2, 0.25) is 0 Å². The van der Waals surface area contributed by atoms with Crippen LogP contribution in [0.4, 0.5) is 0 Å². The Kier molecular flexibility index (Phi) is 8.62. The predicted molar refractivity (Wildman–Crippen MR) is 259 cm³/mol. The highest BCUT2D eigenvalue weighted by Gasteiger charge is 2.46. The van der Waals surface area contributed by atoms with Crippen LogP contribution in [0, 0.1) is 0 Å². The number of benzene rings is 9. The molecule has 9 aromatic carbocycles. The largest absolute Gasteiger partial charge is 0.228 e. The smallest absolute Gasteiger partial charge is 0.160 e. The van der Waals surface area contributed by atoms with Crippen LogP contribution in [0.15, 0.2) is 231 Å². The number of hydrogen-bond acceptors (Lipinski definition) is 3. The van der Waals surface area contributed by atoms with Crippen molar-refractivity contribution in [3.8, 4) is 67.3 Å². The van der Waals surface area contributed by atoms with Crippen LogP contribution in [0.3, 0.4) is 0 Å². The molecule has 62 heavy (non-hydrogen) atoms. The van der Waals surface area contributed by atoms with Crippen LogP contribution >= 0.6 is 11.3 Å². The Morgan fingerprint density at radius 2 is 0.855 bits per heavy atom. The fourth-order valence-corrected chi connectivity index (χ4v) is 11.0. The molecule has 290 valence electrons. The first-order valence-corrected chi connectivity index (χ1v) is 22.0. The summed E-state index contributed by atoms with van der Waals surface area (Å²) < 4.78 is 2.63. The van der Waals surface area contributed by atoms with E-state index >= 15 is 0 Å².